The number of benzene rings is 2. The number of fused-ring (bicyclic) bond motifs is 4. The summed E-state index contributed by atoms with van der Waals surface area (Å²) in [5, 5.41) is 0.848. The zero-order valence-corrected chi connectivity index (χ0v) is 12.0. The summed E-state index contributed by atoms with van der Waals surface area (Å²) < 4.78 is 16.5. The summed E-state index contributed by atoms with van der Waals surface area (Å²) in [4.78, 5) is 17.4. The fourth-order valence-corrected chi connectivity index (χ4v) is 2.98. The summed E-state index contributed by atoms with van der Waals surface area (Å²) >= 11 is 0. The maximum Gasteiger partial charge on any atom is 0.231 e. The first-order valence-electron chi connectivity index (χ1n) is 7.29. The average molecular weight is 305 g/mol. The molecule has 2 aliphatic heterocycles. The van der Waals surface area contributed by atoms with Crippen LogP contribution in [-0.2, 0) is 6.61 Å². The van der Waals surface area contributed by atoms with Gasteiger partial charge in [0.25, 0.3) is 0 Å². The van der Waals surface area contributed by atoms with E-state index in [1.54, 1.807) is 12.1 Å². The van der Waals surface area contributed by atoms with Crippen LogP contribution in [0.15, 0.2) is 42.5 Å². The Morgan fingerprint density at radius 1 is 0.870 bits per heavy atom. The molecule has 1 aromatic heterocycles. The van der Waals surface area contributed by atoms with Gasteiger partial charge in [0, 0.05) is 17.0 Å². The number of carbonyl (C=O) groups is 1. The minimum absolute atomic E-state index is 0.0693. The van der Waals surface area contributed by atoms with E-state index in [0.717, 1.165) is 10.9 Å². The Kier molecular flexibility index (Phi) is 2.42. The number of aromatic nitrogens is 1. The smallest absolute Gasteiger partial charge is 0.231 e. The highest BCUT2D eigenvalue weighted by Crippen LogP contribution is 2.37. The van der Waals surface area contributed by atoms with Gasteiger partial charge >= 0.3 is 0 Å². The van der Waals surface area contributed by atoms with Crippen LogP contribution in [0.5, 0.6) is 17.2 Å². The molecule has 0 amide bonds. The van der Waals surface area contributed by atoms with Crippen molar-refractivity contribution in [2.45, 2.75) is 6.61 Å². The first kappa shape index (κ1) is 12.5. The van der Waals surface area contributed by atoms with Crippen LogP contribution in [0, 0.1) is 0 Å². The fourth-order valence-electron chi connectivity index (χ4n) is 2.98. The number of ether oxygens (including phenoxy) is 3. The van der Waals surface area contributed by atoms with E-state index < -0.39 is 0 Å². The number of ketones is 1. The van der Waals surface area contributed by atoms with Crippen LogP contribution < -0.4 is 14.2 Å². The molecule has 0 N–H and O–H groups in total. The Balaban J connectivity index is 1.74. The first-order chi connectivity index (χ1) is 11.3. The van der Waals surface area contributed by atoms with Gasteiger partial charge in [0.05, 0.1) is 16.8 Å². The molecule has 0 spiro atoms. The van der Waals surface area contributed by atoms with Crippen LogP contribution in [0.2, 0.25) is 0 Å². The molecule has 0 atom stereocenters. The second-order valence-corrected chi connectivity index (χ2v) is 5.49. The van der Waals surface area contributed by atoms with Gasteiger partial charge in [-0.05, 0) is 24.3 Å². The molecule has 112 valence electrons. The van der Waals surface area contributed by atoms with Crippen molar-refractivity contribution in [2.75, 3.05) is 6.79 Å². The van der Waals surface area contributed by atoms with Crippen molar-refractivity contribution >= 4 is 16.7 Å². The van der Waals surface area contributed by atoms with Gasteiger partial charge in [-0.15, -0.1) is 0 Å². The van der Waals surface area contributed by atoms with Gasteiger partial charge in [-0.2, -0.15) is 0 Å². The van der Waals surface area contributed by atoms with Crippen molar-refractivity contribution < 1.29 is 19.0 Å². The molecule has 0 radical (unpaired) electrons. The molecule has 0 saturated heterocycles. The monoisotopic (exact) mass is 305 g/mol. The Morgan fingerprint density at radius 3 is 2.61 bits per heavy atom. The van der Waals surface area contributed by atoms with Crippen molar-refractivity contribution in [2.24, 2.45) is 0 Å². The lowest BCUT2D eigenvalue weighted by molar-refractivity contribution is 0.103. The molecule has 2 aliphatic rings. The molecule has 0 aliphatic carbocycles. The third kappa shape index (κ3) is 1.80. The normalized spacial score (nSPS) is 14.9. The van der Waals surface area contributed by atoms with Crippen molar-refractivity contribution in [3.8, 4) is 17.2 Å². The molecule has 0 fully saturated rings. The van der Waals surface area contributed by atoms with E-state index in [1.807, 2.05) is 30.3 Å². The van der Waals surface area contributed by atoms with Crippen molar-refractivity contribution in [3.05, 3.63) is 59.3 Å². The van der Waals surface area contributed by atoms with E-state index in [9.17, 15) is 4.79 Å². The van der Waals surface area contributed by atoms with E-state index in [0.29, 0.717) is 34.1 Å². The molecule has 0 saturated carbocycles. The van der Waals surface area contributed by atoms with Gasteiger partial charge in [0.15, 0.2) is 17.3 Å². The number of hydrogen-bond acceptors (Lipinski definition) is 5. The lowest BCUT2D eigenvalue weighted by atomic mass is 10.00. The molecule has 23 heavy (non-hydrogen) atoms. The Hall–Kier alpha value is -3.08. The highest BCUT2D eigenvalue weighted by atomic mass is 16.7. The predicted octanol–water partition coefficient (Wildman–Crippen LogP) is 3.09. The second-order valence-electron chi connectivity index (χ2n) is 5.49. The Morgan fingerprint density at radius 2 is 1.70 bits per heavy atom. The van der Waals surface area contributed by atoms with Crippen LogP contribution in [0.3, 0.4) is 0 Å². The number of rotatable bonds is 0. The summed E-state index contributed by atoms with van der Waals surface area (Å²) in [5.74, 6) is 1.87. The summed E-state index contributed by atoms with van der Waals surface area (Å²) in [6.45, 7) is 0.475. The van der Waals surface area contributed by atoms with Crippen LogP contribution in [0.1, 0.15) is 21.6 Å². The lowest BCUT2D eigenvalue weighted by Crippen LogP contribution is -2.05. The third-order valence-corrected chi connectivity index (χ3v) is 4.13. The van der Waals surface area contributed by atoms with Gasteiger partial charge < -0.3 is 14.2 Å². The molecule has 2 aromatic carbocycles. The quantitative estimate of drug-likeness (QED) is 0.639. The van der Waals surface area contributed by atoms with E-state index >= 15 is 0 Å². The summed E-state index contributed by atoms with van der Waals surface area (Å²) in [6, 6.07) is 12.8. The van der Waals surface area contributed by atoms with Crippen molar-refractivity contribution in [1.82, 2.24) is 4.98 Å². The van der Waals surface area contributed by atoms with Crippen LogP contribution in [0.4, 0.5) is 0 Å². The zero-order valence-electron chi connectivity index (χ0n) is 12.0. The topological polar surface area (TPSA) is 57.7 Å². The molecule has 3 aromatic rings. The lowest BCUT2D eigenvalue weighted by Gasteiger charge is -2.07. The number of nitrogens with zero attached hydrogens (tertiary/aromatic N) is 1. The molecule has 5 heteroatoms. The van der Waals surface area contributed by atoms with Crippen LogP contribution >= 0.6 is 0 Å². The molecule has 5 nitrogen and oxygen atoms in total. The summed E-state index contributed by atoms with van der Waals surface area (Å²) in [5.41, 5.74) is 2.53. The predicted molar refractivity (Wildman–Crippen MR) is 82.1 cm³/mol. The maximum absolute atomic E-state index is 12.8. The third-order valence-electron chi connectivity index (χ3n) is 4.13. The number of para-hydroxylation sites is 1. The van der Waals surface area contributed by atoms with Gasteiger partial charge in [-0.1, -0.05) is 12.1 Å². The maximum atomic E-state index is 12.8. The summed E-state index contributed by atoms with van der Waals surface area (Å²) in [7, 11) is 0. The van der Waals surface area contributed by atoms with E-state index in [2.05, 4.69) is 4.98 Å². The molecular weight excluding hydrogens is 294 g/mol. The van der Waals surface area contributed by atoms with Crippen molar-refractivity contribution in [3.63, 3.8) is 0 Å². The Bertz CT molecular complexity index is 980. The minimum Gasteiger partial charge on any atom is -0.486 e. The SMILES string of the molecule is O=C1c2ccccc2OCc2nc3cc4c(cc3cc21)OCO4. The molecule has 0 unspecified atom stereocenters. The Labute approximate surface area is 131 Å². The highest BCUT2D eigenvalue weighted by Gasteiger charge is 2.24. The summed E-state index contributed by atoms with van der Waals surface area (Å²) in [6.07, 6.45) is 0. The van der Waals surface area contributed by atoms with E-state index in [1.165, 1.54) is 0 Å². The zero-order chi connectivity index (χ0) is 15.4. The van der Waals surface area contributed by atoms with E-state index in [4.69, 9.17) is 14.2 Å². The van der Waals surface area contributed by atoms with Crippen LogP contribution in [-0.4, -0.2) is 17.6 Å². The number of pyridine rings is 1. The average Bonchev–Trinajstić information content (AvgIpc) is 2.98. The van der Waals surface area contributed by atoms with Crippen LogP contribution in [0.25, 0.3) is 10.9 Å². The standard InChI is InChI=1S/C18H11NO4/c20-18-11-3-1-2-4-15(11)21-8-14-12(18)5-10-6-16-17(23-9-22-16)7-13(10)19-14/h1-7H,8-9H2. The minimum atomic E-state index is -0.0693. The van der Waals surface area contributed by atoms with Gasteiger partial charge in [-0.3, -0.25) is 4.79 Å². The number of carbonyl (C=O) groups excluding carboxylic acids is 1. The fraction of sp³-hybridized carbons (Fsp3) is 0.111. The molecule has 0 bridgehead atoms. The van der Waals surface area contributed by atoms with Crippen molar-refractivity contribution in [1.29, 1.82) is 0 Å². The molecule has 3 heterocycles. The first-order valence-corrected chi connectivity index (χ1v) is 7.29. The van der Waals surface area contributed by atoms with Gasteiger partial charge in [0.2, 0.25) is 6.79 Å². The molecular formula is C18H11NO4. The largest absolute Gasteiger partial charge is 0.486 e. The highest BCUT2D eigenvalue weighted by molar-refractivity contribution is 6.13. The number of hydrogen-bond donors (Lipinski definition) is 0. The second kappa shape index (κ2) is 4.46. The van der Waals surface area contributed by atoms with E-state index in [-0.39, 0.29) is 19.2 Å². The molecule has 5 rings (SSSR count). The van der Waals surface area contributed by atoms with Gasteiger partial charge in [-0.25, -0.2) is 4.98 Å². The van der Waals surface area contributed by atoms with Gasteiger partial charge in [0.1, 0.15) is 12.4 Å².